The number of fused-ring (bicyclic) bond motifs is 1. The average molecular weight is 309 g/mol. The molecule has 4 nitrogen and oxygen atoms in total. The minimum absolute atomic E-state index is 0.0885. The molecule has 0 radical (unpaired) electrons. The zero-order valence-electron chi connectivity index (χ0n) is 13.4. The molecule has 2 aliphatic rings. The molecule has 1 aliphatic heterocycles. The fraction of sp³-hybridized carbons (Fsp3) is 0.474. The summed E-state index contributed by atoms with van der Waals surface area (Å²) in [7, 11) is 0. The van der Waals surface area contributed by atoms with Crippen LogP contribution >= 0.6 is 0 Å². The Bertz CT molecular complexity index is 699. The number of aromatic nitrogens is 1. The van der Waals surface area contributed by atoms with Gasteiger partial charge in [-0.2, -0.15) is 0 Å². The highest BCUT2D eigenvalue weighted by atomic mass is 16.2. The zero-order chi connectivity index (χ0) is 15.6. The molecule has 1 saturated heterocycles. The van der Waals surface area contributed by atoms with Gasteiger partial charge in [-0.05, 0) is 62.4 Å². The monoisotopic (exact) mass is 309 g/mol. The summed E-state index contributed by atoms with van der Waals surface area (Å²) < 4.78 is 0. The molecule has 0 spiro atoms. The van der Waals surface area contributed by atoms with Crippen molar-refractivity contribution in [2.75, 3.05) is 13.1 Å². The molecule has 0 bridgehead atoms. The standard InChI is InChI=1S/C19H23N3O/c23-19(18(14-7-8-14)22-11-3-4-12-22)21-13-15-9-10-20-17-6-2-1-5-16(15)17/h1-2,5-6,9-10,14,18H,3-4,7-8,11-13H2,(H,21,23)/t18-/m1/s1. The Labute approximate surface area is 136 Å². The van der Waals surface area contributed by atoms with E-state index in [1.165, 1.54) is 25.7 Å². The van der Waals surface area contributed by atoms with Gasteiger partial charge >= 0.3 is 0 Å². The molecule has 1 aromatic heterocycles. The number of carbonyl (C=O) groups is 1. The third kappa shape index (κ3) is 3.08. The third-order valence-corrected chi connectivity index (χ3v) is 5.06. The first-order chi connectivity index (χ1) is 11.3. The molecule has 2 fully saturated rings. The number of hydrogen-bond acceptors (Lipinski definition) is 3. The highest BCUT2D eigenvalue weighted by molar-refractivity contribution is 5.85. The minimum Gasteiger partial charge on any atom is -0.351 e. The van der Waals surface area contributed by atoms with Gasteiger partial charge in [-0.25, -0.2) is 0 Å². The summed E-state index contributed by atoms with van der Waals surface area (Å²) >= 11 is 0. The van der Waals surface area contributed by atoms with Crippen LogP contribution in [0.1, 0.15) is 31.2 Å². The molecule has 0 unspecified atom stereocenters. The van der Waals surface area contributed by atoms with Crippen LogP contribution in [0.3, 0.4) is 0 Å². The summed E-state index contributed by atoms with van der Waals surface area (Å²) in [6, 6.07) is 10.2. The van der Waals surface area contributed by atoms with Gasteiger partial charge in [-0.15, -0.1) is 0 Å². The molecule has 4 rings (SSSR count). The SMILES string of the molecule is O=C(NCc1ccnc2ccccc12)[C@@H](C1CC1)N1CCCC1. The van der Waals surface area contributed by atoms with E-state index in [4.69, 9.17) is 0 Å². The highest BCUT2D eigenvalue weighted by Crippen LogP contribution is 2.36. The highest BCUT2D eigenvalue weighted by Gasteiger charge is 2.40. The Balaban J connectivity index is 1.47. The van der Waals surface area contributed by atoms with Crippen molar-refractivity contribution in [3.05, 3.63) is 42.1 Å². The third-order valence-electron chi connectivity index (χ3n) is 5.06. The van der Waals surface area contributed by atoms with E-state index < -0.39 is 0 Å². The molecule has 2 aromatic rings. The van der Waals surface area contributed by atoms with E-state index in [0.717, 1.165) is 29.6 Å². The number of hydrogen-bond donors (Lipinski definition) is 1. The maximum atomic E-state index is 12.8. The molecule has 1 atom stereocenters. The summed E-state index contributed by atoms with van der Waals surface area (Å²) in [5.41, 5.74) is 2.12. The number of pyridine rings is 1. The number of carbonyl (C=O) groups excluding carboxylic acids is 1. The first kappa shape index (κ1) is 14.6. The fourth-order valence-electron chi connectivity index (χ4n) is 3.71. The van der Waals surface area contributed by atoms with Crippen molar-refractivity contribution in [2.45, 2.75) is 38.3 Å². The van der Waals surface area contributed by atoms with E-state index in [1.54, 1.807) is 0 Å². The molecule has 120 valence electrons. The van der Waals surface area contributed by atoms with Crippen molar-refractivity contribution in [3.63, 3.8) is 0 Å². The zero-order valence-corrected chi connectivity index (χ0v) is 13.4. The first-order valence-corrected chi connectivity index (χ1v) is 8.67. The lowest BCUT2D eigenvalue weighted by Gasteiger charge is -2.26. The van der Waals surface area contributed by atoms with Gasteiger partial charge in [0.05, 0.1) is 11.6 Å². The Morgan fingerprint density at radius 3 is 2.78 bits per heavy atom. The number of nitrogens with zero attached hydrogens (tertiary/aromatic N) is 2. The molecular formula is C19H23N3O. The van der Waals surface area contributed by atoms with Crippen molar-refractivity contribution in [1.82, 2.24) is 15.2 Å². The molecule has 1 aromatic carbocycles. The number of nitrogens with one attached hydrogen (secondary N) is 1. The largest absolute Gasteiger partial charge is 0.351 e. The molecular weight excluding hydrogens is 286 g/mol. The van der Waals surface area contributed by atoms with Crippen LogP contribution in [0.4, 0.5) is 0 Å². The van der Waals surface area contributed by atoms with E-state index in [2.05, 4.69) is 21.3 Å². The molecule has 2 heterocycles. The lowest BCUT2D eigenvalue weighted by atomic mass is 10.1. The van der Waals surface area contributed by atoms with E-state index in [9.17, 15) is 4.79 Å². The van der Waals surface area contributed by atoms with Crippen LogP contribution in [0.2, 0.25) is 0 Å². The van der Waals surface area contributed by atoms with Gasteiger partial charge in [0.25, 0.3) is 0 Å². The van der Waals surface area contributed by atoms with Gasteiger partial charge in [0.1, 0.15) is 0 Å². The second kappa shape index (κ2) is 6.28. The van der Waals surface area contributed by atoms with E-state index >= 15 is 0 Å². The Kier molecular flexibility index (Phi) is 4.00. The van der Waals surface area contributed by atoms with Gasteiger partial charge < -0.3 is 5.32 Å². The molecule has 1 aliphatic carbocycles. The summed E-state index contributed by atoms with van der Waals surface area (Å²) in [4.78, 5) is 19.5. The van der Waals surface area contributed by atoms with Crippen molar-refractivity contribution >= 4 is 16.8 Å². The Hall–Kier alpha value is -1.94. The topological polar surface area (TPSA) is 45.2 Å². The second-order valence-electron chi connectivity index (χ2n) is 6.73. The molecule has 1 N–H and O–H groups in total. The minimum atomic E-state index is 0.0885. The summed E-state index contributed by atoms with van der Waals surface area (Å²) in [6.45, 7) is 2.73. The van der Waals surface area contributed by atoms with Crippen LogP contribution in [-0.4, -0.2) is 34.9 Å². The summed E-state index contributed by atoms with van der Waals surface area (Å²) in [6.07, 6.45) is 6.68. The smallest absolute Gasteiger partial charge is 0.237 e. The lowest BCUT2D eigenvalue weighted by molar-refractivity contribution is -0.127. The van der Waals surface area contributed by atoms with Gasteiger partial charge in [0.15, 0.2) is 0 Å². The van der Waals surface area contributed by atoms with Crippen LogP contribution in [-0.2, 0) is 11.3 Å². The van der Waals surface area contributed by atoms with Crippen molar-refractivity contribution in [2.24, 2.45) is 5.92 Å². The predicted octanol–water partition coefficient (Wildman–Crippen LogP) is 2.73. The normalized spacial score (nSPS) is 19.8. The van der Waals surface area contributed by atoms with Crippen LogP contribution in [0, 0.1) is 5.92 Å². The van der Waals surface area contributed by atoms with E-state index in [0.29, 0.717) is 12.5 Å². The van der Waals surface area contributed by atoms with Gasteiger partial charge in [-0.3, -0.25) is 14.7 Å². The Morgan fingerprint density at radius 2 is 2.00 bits per heavy atom. The molecule has 23 heavy (non-hydrogen) atoms. The van der Waals surface area contributed by atoms with Crippen molar-refractivity contribution in [3.8, 4) is 0 Å². The van der Waals surface area contributed by atoms with Crippen molar-refractivity contribution < 1.29 is 4.79 Å². The number of benzene rings is 1. The van der Waals surface area contributed by atoms with E-state index in [1.807, 2.05) is 30.5 Å². The summed E-state index contributed by atoms with van der Waals surface area (Å²) in [5.74, 6) is 0.776. The van der Waals surface area contributed by atoms with Crippen molar-refractivity contribution in [1.29, 1.82) is 0 Å². The first-order valence-electron chi connectivity index (χ1n) is 8.67. The number of para-hydroxylation sites is 1. The van der Waals surface area contributed by atoms with Crippen LogP contribution < -0.4 is 5.32 Å². The molecule has 1 amide bonds. The van der Waals surface area contributed by atoms with Gasteiger partial charge in [-0.1, -0.05) is 18.2 Å². The lowest BCUT2D eigenvalue weighted by Crippen LogP contribution is -2.46. The maximum Gasteiger partial charge on any atom is 0.237 e. The molecule has 4 heteroatoms. The fourth-order valence-corrected chi connectivity index (χ4v) is 3.71. The number of amides is 1. The average Bonchev–Trinajstić information content (AvgIpc) is 3.27. The number of likely N-dealkylation sites (tertiary alicyclic amines) is 1. The van der Waals surface area contributed by atoms with E-state index in [-0.39, 0.29) is 11.9 Å². The Morgan fingerprint density at radius 1 is 1.22 bits per heavy atom. The predicted molar refractivity (Wildman–Crippen MR) is 90.9 cm³/mol. The van der Waals surface area contributed by atoms with Gasteiger partial charge in [0, 0.05) is 18.1 Å². The number of rotatable bonds is 5. The van der Waals surface area contributed by atoms with Crippen LogP contribution in [0.15, 0.2) is 36.5 Å². The maximum absolute atomic E-state index is 12.8. The quantitative estimate of drug-likeness (QED) is 0.923. The van der Waals surface area contributed by atoms with Crippen LogP contribution in [0.5, 0.6) is 0 Å². The summed E-state index contributed by atoms with van der Waals surface area (Å²) in [5, 5.41) is 4.31. The second-order valence-corrected chi connectivity index (χ2v) is 6.73. The van der Waals surface area contributed by atoms with Gasteiger partial charge in [0.2, 0.25) is 5.91 Å². The molecule has 1 saturated carbocycles. The van der Waals surface area contributed by atoms with Crippen LogP contribution in [0.25, 0.3) is 10.9 Å².